The second kappa shape index (κ2) is 8.17. The third-order valence-corrected chi connectivity index (χ3v) is 3.75. The van der Waals surface area contributed by atoms with Gasteiger partial charge < -0.3 is 9.64 Å². The number of anilines is 1. The molecule has 2 aromatic heterocycles. The van der Waals surface area contributed by atoms with Crippen LogP contribution in [0.5, 0.6) is 0 Å². The standard InChI is InChI=1S/C14H17ClN4O2S/c1-21-7-6-18(13(20)10-22-2)12-9-19(17-14(12)15)11-4-3-5-16-8-11/h3-5,8-9H,6-7,10H2,1-2H3. The smallest absolute Gasteiger partial charge is 0.237 e. The zero-order chi connectivity index (χ0) is 15.9. The molecule has 0 saturated heterocycles. The van der Waals surface area contributed by atoms with Gasteiger partial charge in [-0.1, -0.05) is 11.6 Å². The van der Waals surface area contributed by atoms with Gasteiger partial charge in [0, 0.05) is 19.9 Å². The molecule has 2 heterocycles. The number of ether oxygens (including phenoxy) is 1. The fourth-order valence-electron chi connectivity index (χ4n) is 1.91. The van der Waals surface area contributed by atoms with Crippen LogP contribution in [0.3, 0.4) is 0 Å². The molecule has 0 radical (unpaired) electrons. The Morgan fingerprint density at radius 3 is 3.00 bits per heavy atom. The maximum Gasteiger partial charge on any atom is 0.237 e. The predicted octanol–water partition coefficient (Wildman–Crippen LogP) is 2.26. The molecule has 0 unspecified atom stereocenters. The van der Waals surface area contributed by atoms with Crippen LogP contribution in [0.4, 0.5) is 5.69 Å². The van der Waals surface area contributed by atoms with E-state index in [0.717, 1.165) is 5.69 Å². The van der Waals surface area contributed by atoms with E-state index in [1.807, 2.05) is 18.4 Å². The number of amides is 1. The molecule has 1 amide bonds. The van der Waals surface area contributed by atoms with Crippen LogP contribution in [0.2, 0.25) is 5.15 Å². The van der Waals surface area contributed by atoms with Gasteiger partial charge in [-0.05, 0) is 18.4 Å². The topological polar surface area (TPSA) is 60.2 Å². The zero-order valence-electron chi connectivity index (χ0n) is 12.4. The van der Waals surface area contributed by atoms with E-state index >= 15 is 0 Å². The summed E-state index contributed by atoms with van der Waals surface area (Å²) in [5.74, 6) is 0.343. The number of aromatic nitrogens is 3. The third kappa shape index (κ3) is 4.00. The Morgan fingerprint density at radius 1 is 1.55 bits per heavy atom. The van der Waals surface area contributed by atoms with Crippen LogP contribution in [0.1, 0.15) is 0 Å². The first-order valence-electron chi connectivity index (χ1n) is 6.61. The molecule has 6 nitrogen and oxygen atoms in total. The number of carbonyl (C=O) groups excluding carboxylic acids is 1. The van der Waals surface area contributed by atoms with Gasteiger partial charge in [0.2, 0.25) is 5.91 Å². The fraction of sp³-hybridized carbons (Fsp3) is 0.357. The van der Waals surface area contributed by atoms with Crippen molar-refractivity contribution in [2.75, 3.05) is 37.2 Å². The molecular weight excluding hydrogens is 324 g/mol. The molecule has 0 N–H and O–H groups in total. The summed E-state index contributed by atoms with van der Waals surface area (Å²) in [5.41, 5.74) is 1.35. The van der Waals surface area contributed by atoms with E-state index in [1.54, 1.807) is 35.3 Å². The Hall–Kier alpha value is -1.57. The van der Waals surface area contributed by atoms with E-state index < -0.39 is 0 Å². The normalized spacial score (nSPS) is 10.7. The van der Waals surface area contributed by atoms with Gasteiger partial charge in [-0.15, -0.1) is 0 Å². The SMILES string of the molecule is COCCN(C(=O)CSC)c1cn(-c2cccnc2)nc1Cl. The second-order valence-electron chi connectivity index (χ2n) is 4.43. The predicted molar refractivity (Wildman–Crippen MR) is 89.0 cm³/mol. The highest BCUT2D eigenvalue weighted by molar-refractivity contribution is 7.99. The number of hydrogen-bond donors (Lipinski definition) is 0. The third-order valence-electron chi connectivity index (χ3n) is 2.94. The number of hydrogen-bond acceptors (Lipinski definition) is 5. The van der Waals surface area contributed by atoms with Crippen molar-refractivity contribution >= 4 is 35.0 Å². The van der Waals surface area contributed by atoms with E-state index in [0.29, 0.717) is 24.6 Å². The number of pyridine rings is 1. The van der Waals surface area contributed by atoms with Gasteiger partial charge in [0.25, 0.3) is 0 Å². The molecule has 0 aliphatic heterocycles. The first-order chi connectivity index (χ1) is 10.7. The summed E-state index contributed by atoms with van der Waals surface area (Å²) in [7, 11) is 1.60. The minimum Gasteiger partial charge on any atom is -0.383 e. The van der Waals surface area contributed by atoms with Crippen molar-refractivity contribution < 1.29 is 9.53 Å². The molecule has 118 valence electrons. The van der Waals surface area contributed by atoms with Crippen molar-refractivity contribution in [3.05, 3.63) is 35.9 Å². The first kappa shape index (κ1) is 16.8. The van der Waals surface area contributed by atoms with E-state index in [2.05, 4.69) is 10.1 Å². The van der Waals surface area contributed by atoms with Crippen LogP contribution in [0, 0.1) is 0 Å². The van der Waals surface area contributed by atoms with Crippen molar-refractivity contribution in [3.8, 4) is 5.69 Å². The van der Waals surface area contributed by atoms with Crippen LogP contribution in [0.15, 0.2) is 30.7 Å². The first-order valence-corrected chi connectivity index (χ1v) is 8.38. The molecule has 0 atom stereocenters. The number of nitrogens with zero attached hydrogens (tertiary/aromatic N) is 4. The molecule has 0 aliphatic rings. The number of carbonyl (C=O) groups is 1. The van der Waals surface area contributed by atoms with Crippen LogP contribution in [-0.4, -0.2) is 52.9 Å². The van der Waals surface area contributed by atoms with Gasteiger partial charge in [0.1, 0.15) is 5.69 Å². The highest BCUT2D eigenvalue weighted by Crippen LogP contribution is 2.26. The van der Waals surface area contributed by atoms with E-state index in [4.69, 9.17) is 16.3 Å². The monoisotopic (exact) mass is 340 g/mol. The van der Waals surface area contributed by atoms with E-state index in [1.165, 1.54) is 11.8 Å². The summed E-state index contributed by atoms with van der Waals surface area (Å²) >= 11 is 7.68. The van der Waals surface area contributed by atoms with Crippen LogP contribution in [-0.2, 0) is 9.53 Å². The zero-order valence-corrected chi connectivity index (χ0v) is 14.0. The van der Waals surface area contributed by atoms with Crippen molar-refractivity contribution in [1.82, 2.24) is 14.8 Å². The number of thioether (sulfide) groups is 1. The fourth-order valence-corrected chi connectivity index (χ4v) is 2.54. The minimum absolute atomic E-state index is 0.0304. The van der Waals surface area contributed by atoms with Gasteiger partial charge in [-0.3, -0.25) is 9.78 Å². The molecule has 0 aromatic carbocycles. The van der Waals surface area contributed by atoms with Gasteiger partial charge >= 0.3 is 0 Å². The minimum atomic E-state index is -0.0304. The number of methoxy groups -OCH3 is 1. The van der Waals surface area contributed by atoms with Gasteiger partial charge in [0.05, 0.1) is 30.4 Å². The summed E-state index contributed by atoms with van der Waals surface area (Å²) in [6.45, 7) is 0.850. The van der Waals surface area contributed by atoms with Gasteiger partial charge in [0.15, 0.2) is 5.15 Å². The quantitative estimate of drug-likeness (QED) is 0.773. The van der Waals surface area contributed by atoms with Crippen molar-refractivity contribution in [1.29, 1.82) is 0 Å². The van der Waals surface area contributed by atoms with Crippen LogP contribution in [0.25, 0.3) is 5.69 Å². The summed E-state index contributed by atoms with van der Waals surface area (Å²) in [6.07, 6.45) is 6.97. The van der Waals surface area contributed by atoms with Crippen LogP contribution < -0.4 is 4.90 Å². The molecule has 22 heavy (non-hydrogen) atoms. The average Bonchev–Trinajstić information content (AvgIpc) is 2.91. The Bertz CT molecular complexity index is 621. The Morgan fingerprint density at radius 2 is 2.36 bits per heavy atom. The number of rotatable bonds is 7. The lowest BCUT2D eigenvalue weighted by molar-refractivity contribution is -0.116. The Labute approximate surface area is 138 Å². The highest BCUT2D eigenvalue weighted by Gasteiger charge is 2.21. The van der Waals surface area contributed by atoms with E-state index in [-0.39, 0.29) is 11.1 Å². The largest absolute Gasteiger partial charge is 0.383 e. The average molecular weight is 341 g/mol. The lowest BCUT2D eigenvalue weighted by atomic mass is 10.4. The molecule has 0 fully saturated rings. The molecule has 0 spiro atoms. The maximum atomic E-state index is 12.3. The summed E-state index contributed by atoms with van der Waals surface area (Å²) in [5, 5.41) is 4.53. The molecule has 2 aromatic rings. The van der Waals surface area contributed by atoms with E-state index in [9.17, 15) is 4.79 Å². The van der Waals surface area contributed by atoms with Gasteiger partial charge in [-0.25, -0.2) is 4.68 Å². The lowest BCUT2D eigenvalue weighted by Gasteiger charge is -2.20. The molecule has 2 rings (SSSR count). The van der Waals surface area contributed by atoms with Gasteiger partial charge in [-0.2, -0.15) is 16.9 Å². The molecular formula is C14H17ClN4O2S. The van der Waals surface area contributed by atoms with Crippen molar-refractivity contribution in [2.45, 2.75) is 0 Å². The van der Waals surface area contributed by atoms with Crippen LogP contribution >= 0.6 is 23.4 Å². The molecule has 0 bridgehead atoms. The highest BCUT2D eigenvalue weighted by atomic mass is 35.5. The maximum absolute atomic E-state index is 12.3. The number of halogens is 1. The molecule has 8 heteroatoms. The Kier molecular flexibility index (Phi) is 6.23. The molecule has 0 aliphatic carbocycles. The Balaban J connectivity index is 2.31. The second-order valence-corrected chi connectivity index (χ2v) is 5.66. The summed E-state index contributed by atoms with van der Waals surface area (Å²) < 4.78 is 6.68. The lowest BCUT2D eigenvalue weighted by Crippen LogP contribution is -2.35. The molecule has 0 saturated carbocycles. The summed E-state index contributed by atoms with van der Waals surface area (Å²) in [4.78, 5) is 17.9. The van der Waals surface area contributed by atoms with Crippen molar-refractivity contribution in [3.63, 3.8) is 0 Å². The van der Waals surface area contributed by atoms with Crippen molar-refractivity contribution in [2.24, 2.45) is 0 Å². The summed E-state index contributed by atoms with van der Waals surface area (Å²) in [6, 6.07) is 3.68.